The highest BCUT2D eigenvalue weighted by Gasteiger charge is 2.20. The monoisotopic (exact) mass is 359 g/mol. The zero-order valence-electron chi connectivity index (χ0n) is 15.0. The van der Waals surface area contributed by atoms with Crippen LogP contribution in [0, 0.1) is 6.92 Å². The predicted molar refractivity (Wildman–Crippen MR) is 103 cm³/mol. The van der Waals surface area contributed by atoms with Gasteiger partial charge >= 0.3 is 5.97 Å². The number of pyridine rings is 1. The van der Waals surface area contributed by atoms with Crippen molar-refractivity contribution in [1.82, 2.24) is 14.8 Å². The van der Waals surface area contributed by atoms with Gasteiger partial charge in [-0.05, 0) is 30.7 Å². The van der Waals surface area contributed by atoms with Crippen LogP contribution in [0.15, 0.2) is 59.5 Å². The Kier molecular flexibility index (Phi) is 4.16. The average Bonchev–Trinajstić information content (AvgIpc) is 2.70. The van der Waals surface area contributed by atoms with Gasteiger partial charge in [0.05, 0.1) is 42.1 Å². The fraction of sp³-hybridized carbons (Fsp3) is 0.143. The molecule has 2 heterocycles. The first-order valence-electron chi connectivity index (χ1n) is 8.51. The number of fused-ring (bicyclic) bond motifs is 2. The van der Waals surface area contributed by atoms with E-state index in [9.17, 15) is 9.59 Å². The van der Waals surface area contributed by atoms with Crippen molar-refractivity contribution in [3.63, 3.8) is 0 Å². The number of methoxy groups -OCH3 is 1. The molecular weight excluding hydrogens is 342 g/mol. The fourth-order valence-electron chi connectivity index (χ4n) is 3.36. The van der Waals surface area contributed by atoms with Crippen LogP contribution in [0.3, 0.4) is 0 Å². The third kappa shape index (κ3) is 2.85. The van der Waals surface area contributed by atoms with Gasteiger partial charge in [-0.2, -0.15) is 5.10 Å². The number of ether oxygens (including phenoxy) is 1. The van der Waals surface area contributed by atoms with Gasteiger partial charge < -0.3 is 4.74 Å². The van der Waals surface area contributed by atoms with E-state index >= 15 is 0 Å². The molecule has 6 nitrogen and oxygen atoms in total. The Morgan fingerprint density at radius 1 is 1.07 bits per heavy atom. The Balaban J connectivity index is 1.96. The Morgan fingerprint density at radius 2 is 1.78 bits per heavy atom. The first-order valence-corrected chi connectivity index (χ1v) is 8.51. The van der Waals surface area contributed by atoms with E-state index in [4.69, 9.17) is 4.74 Å². The zero-order chi connectivity index (χ0) is 19.0. The molecular formula is C21H17N3O3. The lowest BCUT2D eigenvalue weighted by Gasteiger charge is -2.15. The van der Waals surface area contributed by atoms with Gasteiger partial charge in [0, 0.05) is 10.8 Å². The lowest BCUT2D eigenvalue weighted by Crippen LogP contribution is -2.17. The topological polar surface area (TPSA) is 74.1 Å². The van der Waals surface area contributed by atoms with Crippen molar-refractivity contribution in [3.8, 4) is 0 Å². The quantitative estimate of drug-likeness (QED) is 0.526. The second kappa shape index (κ2) is 6.64. The Morgan fingerprint density at radius 3 is 2.56 bits per heavy atom. The van der Waals surface area contributed by atoms with Crippen LogP contribution >= 0.6 is 0 Å². The van der Waals surface area contributed by atoms with Crippen molar-refractivity contribution in [3.05, 3.63) is 81.8 Å². The molecule has 0 saturated carbocycles. The molecule has 0 bridgehead atoms. The van der Waals surface area contributed by atoms with Gasteiger partial charge in [0.2, 0.25) is 5.43 Å². The molecule has 0 aliphatic carbocycles. The number of benzene rings is 2. The second-order valence-electron chi connectivity index (χ2n) is 6.25. The zero-order valence-corrected chi connectivity index (χ0v) is 15.0. The third-order valence-corrected chi connectivity index (χ3v) is 4.68. The van der Waals surface area contributed by atoms with E-state index in [1.165, 1.54) is 13.3 Å². The summed E-state index contributed by atoms with van der Waals surface area (Å²) in [6.07, 6.45) is 1.29. The van der Waals surface area contributed by atoms with E-state index in [1.807, 2.05) is 49.4 Å². The summed E-state index contributed by atoms with van der Waals surface area (Å²) in [5.74, 6) is -0.439. The molecule has 27 heavy (non-hydrogen) atoms. The number of rotatable bonds is 3. The van der Waals surface area contributed by atoms with Crippen LogP contribution in [0.5, 0.6) is 0 Å². The summed E-state index contributed by atoms with van der Waals surface area (Å²) in [5, 5.41) is 5.73. The van der Waals surface area contributed by atoms with Crippen molar-refractivity contribution in [2.75, 3.05) is 7.11 Å². The number of carbonyl (C=O) groups is 1. The van der Waals surface area contributed by atoms with E-state index in [0.717, 1.165) is 16.5 Å². The van der Waals surface area contributed by atoms with Gasteiger partial charge in [0.15, 0.2) is 0 Å². The summed E-state index contributed by atoms with van der Waals surface area (Å²) in [5.41, 5.74) is 3.14. The minimum atomic E-state index is -0.439. The van der Waals surface area contributed by atoms with Gasteiger partial charge in [-0.25, -0.2) is 9.78 Å². The Labute approximate surface area is 155 Å². The third-order valence-electron chi connectivity index (χ3n) is 4.68. The number of hydrogen-bond donors (Lipinski definition) is 0. The maximum absolute atomic E-state index is 12.5. The number of nitrogens with zero attached hydrogens (tertiary/aromatic N) is 3. The molecule has 0 aliphatic heterocycles. The van der Waals surface area contributed by atoms with Crippen LogP contribution in [0.2, 0.25) is 0 Å². The lowest BCUT2D eigenvalue weighted by molar-refractivity contribution is 0.0598. The minimum absolute atomic E-state index is 0.141. The van der Waals surface area contributed by atoms with Crippen molar-refractivity contribution in [1.29, 1.82) is 0 Å². The molecule has 134 valence electrons. The van der Waals surface area contributed by atoms with E-state index in [1.54, 1.807) is 10.7 Å². The smallest absolute Gasteiger partial charge is 0.340 e. The SMILES string of the molecule is COC(=O)c1c(Cn2ncc(=O)c3ccccc32)nc2ccccc2c1C. The first kappa shape index (κ1) is 16.9. The van der Waals surface area contributed by atoms with Crippen LogP contribution in [0.25, 0.3) is 21.8 Å². The van der Waals surface area contributed by atoms with Crippen LogP contribution < -0.4 is 5.43 Å². The Hall–Kier alpha value is -3.54. The molecule has 6 heteroatoms. The normalized spacial score (nSPS) is 11.0. The largest absolute Gasteiger partial charge is 0.465 e. The molecule has 0 unspecified atom stereocenters. The predicted octanol–water partition coefficient (Wildman–Crippen LogP) is 3.09. The van der Waals surface area contributed by atoms with Crippen LogP contribution in [0.1, 0.15) is 21.6 Å². The summed E-state index contributed by atoms with van der Waals surface area (Å²) in [6.45, 7) is 2.13. The van der Waals surface area contributed by atoms with E-state index in [-0.39, 0.29) is 12.0 Å². The van der Waals surface area contributed by atoms with Gasteiger partial charge in [0.25, 0.3) is 0 Å². The molecule has 0 aliphatic rings. The van der Waals surface area contributed by atoms with E-state index in [0.29, 0.717) is 22.2 Å². The molecule has 0 amide bonds. The summed E-state index contributed by atoms with van der Waals surface area (Å²) < 4.78 is 6.67. The van der Waals surface area contributed by atoms with Crippen molar-refractivity contribution >= 4 is 27.8 Å². The molecule has 2 aromatic heterocycles. The molecule has 4 aromatic rings. The van der Waals surface area contributed by atoms with Gasteiger partial charge in [-0.3, -0.25) is 9.48 Å². The number of aromatic nitrogens is 3. The van der Waals surface area contributed by atoms with Crippen molar-refractivity contribution in [2.45, 2.75) is 13.5 Å². The second-order valence-corrected chi connectivity index (χ2v) is 6.25. The highest BCUT2D eigenvalue weighted by atomic mass is 16.5. The van der Waals surface area contributed by atoms with Crippen molar-refractivity contribution in [2.24, 2.45) is 0 Å². The molecule has 0 radical (unpaired) electrons. The maximum Gasteiger partial charge on any atom is 0.340 e. The molecule has 2 aromatic carbocycles. The summed E-state index contributed by atoms with van der Waals surface area (Å²) in [7, 11) is 1.35. The number of hydrogen-bond acceptors (Lipinski definition) is 5. The summed E-state index contributed by atoms with van der Waals surface area (Å²) in [6, 6.07) is 14.9. The van der Waals surface area contributed by atoms with Crippen molar-refractivity contribution < 1.29 is 9.53 Å². The molecule has 0 spiro atoms. The summed E-state index contributed by atoms with van der Waals surface area (Å²) >= 11 is 0. The lowest BCUT2D eigenvalue weighted by atomic mass is 10.0. The van der Waals surface area contributed by atoms with Crippen LogP contribution in [-0.2, 0) is 11.3 Å². The fourth-order valence-corrected chi connectivity index (χ4v) is 3.36. The average molecular weight is 359 g/mol. The van der Waals surface area contributed by atoms with Crippen LogP contribution in [0.4, 0.5) is 0 Å². The number of aryl methyl sites for hydroxylation is 1. The molecule has 0 atom stereocenters. The number of carbonyl (C=O) groups excluding carboxylic acids is 1. The Bertz CT molecular complexity index is 1240. The first-order chi connectivity index (χ1) is 13.1. The molecule has 0 N–H and O–H groups in total. The maximum atomic E-state index is 12.5. The van der Waals surface area contributed by atoms with Gasteiger partial charge in [-0.15, -0.1) is 0 Å². The highest BCUT2D eigenvalue weighted by molar-refractivity contribution is 5.98. The van der Waals surface area contributed by atoms with E-state index in [2.05, 4.69) is 10.1 Å². The number of para-hydroxylation sites is 2. The summed E-state index contributed by atoms with van der Waals surface area (Å²) in [4.78, 5) is 29.2. The molecule has 0 saturated heterocycles. The van der Waals surface area contributed by atoms with Gasteiger partial charge in [0.1, 0.15) is 0 Å². The number of esters is 1. The minimum Gasteiger partial charge on any atom is -0.465 e. The van der Waals surface area contributed by atoms with E-state index < -0.39 is 5.97 Å². The highest BCUT2D eigenvalue weighted by Crippen LogP contribution is 2.24. The molecule has 0 fully saturated rings. The van der Waals surface area contributed by atoms with Gasteiger partial charge in [-0.1, -0.05) is 30.3 Å². The van der Waals surface area contributed by atoms with Crippen LogP contribution in [-0.4, -0.2) is 27.8 Å². The standard InChI is InChI=1S/C21H17N3O3/c1-13-14-7-3-5-9-16(14)23-17(20(13)21(26)27-2)12-24-18-10-6-4-8-15(18)19(25)11-22-24/h3-11H,12H2,1-2H3. The molecule has 4 rings (SSSR count).